The SMILES string of the molecule is CCC(C)c1ccc(C)[n+](C)c1. The zero-order chi connectivity index (χ0) is 9.14. The lowest BCUT2D eigenvalue weighted by Gasteiger charge is -2.06. The van der Waals surface area contributed by atoms with E-state index in [-0.39, 0.29) is 0 Å². The van der Waals surface area contributed by atoms with Crippen LogP contribution in [0.5, 0.6) is 0 Å². The van der Waals surface area contributed by atoms with Gasteiger partial charge in [0.1, 0.15) is 7.05 Å². The summed E-state index contributed by atoms with van der Waals surface area (Å²) >= 11 is 0. The Morgan fingerprint density at radius 1 is 1.42 bits per heavy atom. The van der Waals surface area contributed by atoms with E-state index in [1.807, 2.05) is 0 Å². The normalized spacial score (nSPS) is 13.0. The minimum Gasteiger partial charge on any atom is -0.205 e. The summed E-state index contributed by atoms with van der Waals surface area (Å²) in [4.78, 5) is 0. The second-order valence-corrected chi connectivity index (χ2v) is 3.52. The maximum Gasteiger partial charge on any atom is 0.177 e. The fraction of sp³-hybridized carbons (Fsp3) is 0.545. The first kappa shape index (κ1) is 9.24. The van der Waals surface area contributed by atoms with E-state index >= 15 is 0 Å². The van der Waals surface area contributed by atoms with E-state index in [2.05, 4.69) is 50.7 Å². The molecule has 1 nitrogen and oxygen atoms in total. The summed E-state index contributed by atoms with van der Waals surface area (Å²) in [6.07, 6.45) is 3.44. The maximum absolute atomic E-state index is 2.27. The Balaban J connectivity index is 2.96. The van der Waals surface area contributed by atoms with E-state index in [4.69, 9.17) is 0 Å². The van der Waals surface area contributed by atoms with E-state index in [0.29, 0.717) is 5.92 Å². The fourth-order valence-electron chi connectivity index (χ4n) is 1.23. The van der Waals surface area contributed by atoms with Gasteiger partial charge in [-0.2, -0.15) is 0 Å². The molecule has 0 saturated heterocycles. The lowest BCUT2D eigenvalue weighted by atomic mass is 10.0. The highest BCUT2D eigenvalue weighted by Gasteiger charge is 2.07. The van der Waals surface area contributed by atoms with Crippen molar-refractivity contribution in [3.63, 3.8) is 0 Å². The van der Waals surface area contributed by atoms with Crippen LogP contribution >= 0.6 is 0 Å². The van der Waals surface area contributed by atoms with Gasteiger partial charge in [0.25, 0.3) is 0 Å². The molecule has 1 rings (SSSR count). The van der Waals surface area contributed by atoms with Crippen LogP contribution in [0.2, 0.25) is 0 Å². The van der Waals surface area contributed by atoms with Gasteiger partial charge in [-0.3, -0.25) is 0 Å². The Morgan fingerprint density at radius 2 is 2.08 bits per heavy atom. The molecule has 0 aliphatic carbocycles. The third-order valence-electron chi connectivity index (χ3n) is 2.60. The van der Waals surface area contributed by atoms with E-state index in [9.17, 15) is 0 Å². The predicted molar refractivity (Wildman–Crippen MR) is 51.1 cm³/mol. The Kier molecular flexibility index (Phi) is 2.85. The molecule has 0 bridgehead atoms. The van der Waals surface area contributed by atoms with Crippen LogP contribution in [0.15, 0.2) is 18.3 Å². The number of rotatable bonds is 2. The van der Waals surface area contributed by atoms with Crippen LogP contribution in [0.4, 0.5) is 0 Å². The predicted octanol–water partition coefficient (Wildman–Crippen LogP) is 2.33. The summed E-state index contributed by atoms with van der Waals surface area (Å²) in [7, 11) is 2.10. The molecular weight excluding hydrogens is 146 g/mol. The Morgan fingerprint density at radius 3 is 2.58 bits per heavy atom. The van der Waals surface area contributed by atoms with Gasteiger partial charge in [-0.15, -0.1) is 0 Å². The molecule has 1 aromatic heterocycles. The molecule has 0 spiro atoms. The maximum atomic E-state index is 2.27. The highest BCUT2D eigenvalue weighted by atomic mass is 14.9. The number of pyridine rings is 1. The zero-order valence-electron chi connectivity index (χ0n) is 8.46. The summed E-state index contributed by atoms with van der Waals surface area (Å²) in [5, 5.41) is 0. The van der Waals surface area contributed by atoms with Gasteiger partial charge in [-0.1, -0.05) is 13.8 Å². The van der Waals surface area contributed by atoms with Crippen molar-refractivity contribution in [2.24, 2.45) is 7.05 Å². The third kappa shape index (κ3) is 1.84. The summed E-state index contributed by atoms with van der Waals surface area (Å²) in [5.74, 6) is 0.678. The summed E-state index contributed by atoms with van der Waals surface area (Å²) in [5.41, 5.74) is 2.74. The standard InChI is InChI=1S/C11H18N/c1-5-9(2)11-7-6-10(3)12(4)8-11/h6-9H,5H2,1-4H3/q+1. The second-order valence-electron chi connectivity index (χ2n) is 3.52. The van der Waals surface area contributed by atoms with Crippen LogP contribution in [0.25, 0.3) is 0 Å². The van der Waals surface area contributed by atoms with Crippen molar-refractivity contribution in [3.05, 3.63) is 29.6 Å². The largest absolute Gasteiger partial charge is 0.205 e. The average molecular weight is 164 g/mol. The van der Waals surface area contributed by atoms with Crippen LogP contribution in [0.3, 0.4) is 0 Å². The third-order valence-corrected chi connectivity index (χ3v) is 2.60. The molecule has 1 aromatic rings. The Hall–Kier alpha value is -0.850. The molecule has 0 aliphatic heterocycles. The van der Waals surface area contributed by atoms with Crippen molar-refractivity contribution in [3.8, 4) is 0 Å². The van der Waals surface area contributed by atoms with Crippen LogP contribution < -0.4 is 4.57 Å². The van der Waals surface area contributed by atoms with E-state index in [1.165, 1.54) is 17.7 Å². The number of hydrogen-bond acceptors (Lipinski definition) is 0. The quantitative estimate of drug-likeness (QED) is 0.591. The van der Waals surface area contributed by atoms with Crippen molar-refractivity contribution < 1.29 is 4.57 Å². The Bertz CT molecular complexity index is 266. The van der Waals surface area contributed by atoms with Crippen molar-refractivity contribution >= 4 is 0 Å². The van der Waals surface area contributed by atoms with Crippen molar-refractivity contribution in [2.75, 3.05) is 0 Å². The second kappa shape index (κ2) is 3.70. The minimum atomic E-state index is 0.678. The molecule has 1 heterocycles. The van der Waals surface area contributed by atoms with Crippen LogP contribution in [0.1, 0.15) is 37.4 Å². The van der Waals surface area contributed by atoms with Gasteiger partial charge >= 0.3 is 0 Å². The summed E-state index contributed by atoms with van der Waals surface area (Å²) < 4.78 is 2.18. The van der Waals surface area contributed by atoms with Gasteiger partial charge in [0.2, 0.25) is 0 Å². The molecule has 0 saturated carbocycles. The molecule has 0 N–H and O–H groups in total. The number of hydrogen-bond donors (Lipinski definition) is 0. The van der Waals surface area contributed by atoms with Gasteiger partial charge in [-0.05, 0) is 18.4 Å². The summed E-state index contributed by atoms with van der Waals surface area (Å²) in [6.45, 7) is 6.62. The first-order valence-corrected chi connectivity index (χ1v) is 4.61. The molecule has 0 aliphatic rings. The van der Waals surface area contributed by atoms with Gasteiger partial charge in [0.15, 0.2) is 11.9 Å². The van der Waals surface area contributed by atoms with Gasteiger partial charge in [0.05, 0.1) is 0 Å². The van der Waals surface area contributed by atoms with Gasteiger partial charge < -0.3 is 0 Å². The number of aryl methyl sites for hydroxylation is 2. The van der Waals surface area contributed by atoms with Gasteiger partial charge in [-0.25, -0.2) is 4.57 Å². The molecule has 0 amide bonds. The fourth-order valence-corrected chi connectivity index (χ4v) is 1.23. The van der Waals surface area contributed by atoms with Gasteiger partial charge in [0, 0.05) is 18.6 Å². The molecule has 0 radical (unpaired) electrons. The van der Waals surface area contributed by atoms with Crippen LogP contribution in [-0.4, -0.2) is 0 Å². The van der Waals surface area contributed by atoms with Crippen LogP contribution in [0, 0.1) is 6.92 Å². The number of aromatic nitrogens is 1. The van der Waals surface area contributed by atoms with E-state index < -0.39 is 0 Å². The molecular formula is C11H18N+. The summed E-state index contributed by atoms with van der Waals surface area (Å²) in [6, 6.07) is 4.41. The molecule has 0 fully saturated rings. The van der Waals surface area contributed by atoms with E-state index in [1.54, 1.807) is 0 Å². The lowest BCUT2D eigenvalue weighted by Crippen LogP contribution is -2.31. The highest BCUT2D eigenvalue weighted by molar-refractivity contribution is 5.13. The van der Waals surface area contributed by atoms with E-state index in [0.717, 1.165) is 0 Å². The molecule has 66 valence electrons. The van der Waals surface area contributed by atoms with Crippen LogP contribution in [-0.2, 0) is 7.05 Å². The Labute approximate surface area is 75.1 Å². The molecule has 1 unspecified atom stereocenters. The topological polar surface area (TPSA) is 3.88 Å². The first-order chi connectivity index (χ1) is 5.65. The average Bonchev–Trinajstić information content (AvgIpc) is 2.08. The molecule has 12 heavy (non-hydrogen) atoms. The smallest absolute Gasteiger partial charge is 0.177 e. The highest BCUT2D eigenvalue weighted by Crippen LogP contribution is 2.16. The zero-order valence-corrected chi connectivity index (χ0v) is 8.46. The molecule has 1 atom stereocenters. The van der Waals surface area contributed by atoms with Crippen molar-refractivity contribution in [1.29, 1.82) is 0 Å². The number of nitrogens with zero attached hydrogens (tertiary/aromatic N) is 1. The monoisotopic (exact) mass is 164 g/mol. The lowest BCUT2D eigenvalue weighted by molar-refractivity contribution is -0.678. The van der Waals surface area contributed by atoms with Crippen molar-refractivity contribution in [1.82, 2.24) is 0 Å². The molecule has 0 aromatic carbocycles. The minimum absolute atomic E-state index is 0.678. The van der Waals surface area contributed by atoms with Crippen molar-refractivity contribution in [2.45, 2.75) is 33.1 Å². The first-order valence-electron chi connectivity index (χ1n) is 4.61. The molecule has 1 heteroatoms.